The van der Waals surface area contributed by atoms with Crippen LogP contribution in [0.3, 0.4) is 0 Å². The molecule has 3 nitrogen and oxygen atoms in total. The molecule has 1 aromatic carbocycles. The fourth-order valence-corrected chi connectivity index (χ4v) is 3.40. The molecular weight excluding hydrogens is 293 g/mol. The van der Waals surface area contributed by atoms with Crippen molar-refractivity contribution in [3.8, 4) is 0 Å². The molecule has 2 heterocycles. The number of hydrogen-bond donors (Lipinski definition) is 0. The summed E-state index contributed by atoms with van der Waals surface area (Å²) in [6, 6.07) is 5.94. The number of fused-ring (bicyclic) bond motifs is 1. The Bertz CT molecular complexity index is 608. The summed E-state index contributed by atoms with van der Waals surface area (Å²) in [4.78, 5) is 7.10. The second-order valence-electron chi connectivity index (χ2n) is 5.63. The van der Waals surface area contributed by atoms with Crippen LogP contribution in [0.2, 0.25) is 5.02 Å². The maximum atomic E-state index is 6.06. The van der Waals surface area contributed by atoms with Gasteiger partial charge in [0.1, 0.15) is 5.82 Å². The third-order valence-electron chi connectivity index (χ3n) is 4.04. The quantitative estimate of drug-likeness (QED) is 0.807. The van der Waals surface area contributed by atoms with E-state index in [1.807, 2.05) is 12.1 Å². The summed E-state index contributed by atoms with van der Waals surface area (Å²) in [6.45, 7) is 3.37. The van der Waals surface area contributed by atoms with Crippen molar-refractivity contribution in [2.45, 2.75) is 19.4 Å². The van der Waals surface area contributed by atoms with Gasteiger partial charge in [0.25, 0.3) is 0 Å². The number of aromatic nitrogens is 2. The van der Waals surface area contributed by atoms with Gasteiger partial charge in [-0.1, -0.05) is 11.6 Å². The van der Waals surface area contributed by atoms with E-state index in [4.69, 9.17) is 28.2 Å². The molecule has 1 unspecified atom stereocenters. The molecule has 0 bridgehead atoms. The van der Waals surface area contributed by atoms with Gasteiger partial charge in [0.15, 0.2) is 0 Å². The zero-order valence-electron chi connectivity index (χ0n) is 11.6. The summed E-state index contributed by atoms with van der Waals surface area (Å²) in [5.74, 6) is 2.37. The molecule has 108 valence electrons. The Labute approximate surface area is 129 Å². The average molecular weight is 312 g/mol. The standard InChI is InChI=1S/C15H19Cl2N3/c1-19-7-5-11(9-19)10-20-14-3-2-12(17)8-13(14)18-15(20)4-6-16/h2-3,8,11H,4-7,9-10H2,1H3. The Kier molecular flexibility index (Phi) is 4.20. The van der Waals surface area contributed by atoms with Gasteiger partial charge in [-0.2, -0.15) is 0 Å². The number of hydrogen-bond acceptors (Lipinski definition) is 2. The lowest BCUT2D eigenvalue weighted by Gasteiger charge is -2.14. The van der Waals surface area contributed by atoms with E-state index >= 15 is 0 Å². The largest absolute Gasteiger partial charge is 0.328 e. The van der Waals surface area contributed by atoms with Crippen LogP contribution < -0.4 is 0 Å². The van der Waals surface area contributed by atoms with Crippen molar-refractivity contribution in [3.63, 3.8) is 0 Å². The highest BCUT2D eigenvalue weighted by Gasteiger charge is 2.22. The fraction of sp³-hybridized carbons (Fsp3) is 0.533. The predicted octanol–water partition coefficient (Wildman–Crippen LogP) is 3.42. The van der Waals surface area contributed by atoms with Gasteiger partial charge in [-0.15, -0.1) is 11.6 Å². The molecule has 1 aliphatic rings. The first kappa shape index (κ1) is 14.2. The smallest absolute Gasteiger partial charge is 0.111 e. The Morgan fingerprint density at radius 1 is 1.40 bits per heavy atom. The Morgan fingerprint density at radius 2 is 2.25 bits per heavy atom. The third-order valence-corrected chi connectivity index (χ3v) is 4.46. The summed E-state index contributed by atoms with van der Waals surface area (Å²) in [5, 5.41) is 0.736. The van der Waals surface area contributed by atoms with Gasteiger partial charge >= 0.3 is 0 Å². The topological polar surface area (TPSA) is 21.1 Å². The molecule has 1 saturated heterocycles. The van der Waals surface area contributed by atoms with Gasteiger partial charge in [-0.3, -0.25) is 0 Å². The van der Waals surface area contributed by atoms with Crippen molar-refractivity contribution in [1.82, 2.24) is 14.5 Å². The van der Waals surface area contributed by atoms with E-state index in [1.54, 1.807) is 0 Å². The number of likely N-dealkylation sites (tertiary alicyclic amines) is 1. The number of halogens is 2. The van der Waals surface area contributed by atoms with Crippen LogP contribution in [0, 0.1) is 5.92 Å². The summed E-state index contributed by atoms with van der Waals surface area (Å²) < 4.78 is 2.33. The summed E-state index contributed by atoms with van der Waals surface area (Å²) in [7, 11) is 2.19. The van der Waals surface area contributed by atoms with Crippen LogP contribution in [0.5, 0.6) is 0 Å². The Hall–Kier alpha value is -0.770. The molecule has 20 heavy (non-hydrogen) atoms. The lowest BCUT2D eigenvalue weighted by atomic mass is 10.1. The third kappa shape index (κ3) is 2.80. The molecule has 0 radical (unpaired) electrons. The molecule has 0 N–H and O–H groups in total. The van der Waals surface area contributed by atoms with Crippen molar-refractivity contribution in [2.75, 3.05) is 26.0 Å². The average Bonchev–Trinajstić information content (AvgIpc) is 2.95. The van der Waals surface area contributed by atoms with Crippen molar-refractivity contribution in [1.29, 1.82) is 0 Å². The molecule has 0 saturated carbocycles. The van der Waals surface area contributed by atoms with E-state index in [9.17, 15) is 0 Å². The maximum absolute atomic E-state index is 6.06. The highest BCUT2D eigenvalue weighted by molar-refractivity contribution is 6.31. The number of imidazole rings is 1. The molecule has 3 rings (SSSR count). The molecule has 0 spiro atoms. The van der Waals surface area contributed by atoms with E-state index in [0.29, 0.717) is 11.8 Å². The minimum absolute atomic E-state index is 0.599. The van der Waals surface area contributed by atoms with E-state index in [0.717, 1.165) is 35.9 Å². The lowest BCUT2D eigenvalue weighted by Crippen LogP contribution is -2.18. The molecule has 5 heteroatoms. The number of benzene rings is 1. The van der Waals surface area contributed by atoms with Crippen molar-refractivity contribution >= 4 is 34.2 Å². The number of nitrogens with zero attached hydrogens (tertiary/aromatic N) is 3. The number of rotatable bonds is 4. The normalized spacial score (nSPS) is 20.1. The Morgan fingerprint density at radius 3 is 2.95 bits per heavy atom. The van der Waals surface area contributed by atoms with Crippen LogP contribution in [0.15, 0.2) is 18.2 Å². The first-order valence-electron chi connectivity index (χ1n) is 7.06. The van der Waals surface area contributed by atoms with Gasteiger partial charge in [0.05, 0.1) is 11.0 Å². The van der Waals surface area contributed by atoms with E-state index in [1.165, 1.54) is 18.5 Å². The van der Waals surface area contributed by atoms with Crippen LogP contribution in [-0.2, 0) is 13.0 Å². The molecule has 2 aromatic rings. The Balaban J connectivity index is 1.95. The van der Waals surface area contributed by atoms with Gasteiger partial charge in [-0.05, 0) is 44.1 Å². The maximum Gasteiger partial charge on any atom is 0.111 e. The highest BCUT2D eigenvalue weighted by atomic mass is 35.5. The molecule has 0 amide bonds. The second kappa shape index (κ2) is 5.92. The SMILES string of the molecule is CN1CCC(Cn2c(CCCl)nc3cc(Cl)ccc32)C1. The van der Waals surface area contributed by atoms with Gasteiger partial charge < -0.3 is 9.47 Å². The molecule has 1 fully saturated rings. The van der Waals surface area contributed by atoms with Crippen molar-refractivity contribution in [2.24, 2.45) is 5.92 Å². The summed E-state index contributed by atoms with van der Waals surface area (Å²) in [6.07, 6.45) is 2.06. The highest BCUT2D eigenvalue weighted by Crippen LogP contribution is 2.24. The second-order valence-corrected chi connectivity index (χ2v) is 6.44. The van der Waals surface area contributed by atoms with Crippen molar-refractivity contribution < 1.29 is 0 Å². The number of alkyl halides is 1. The zero-order valence-corrected chi connectivity index (χ0v) is 13.2. The summed E-state index contributed by atoms with van der Waals surface area (Å²) in [5.41, 5.74) is 2.15. The van der Waals surface area contributed by atoms with Crippen LogP contribution in [0.1, 0.15) is 12.2 Å². The monoisotopic (exact) mass is 311 g/mol. The molecule has 1 aromatic heterocycles. The van der Waals surface area contributed by atoms with Crippen LogP contribution in [0.4, 0.5) is 0 Å². The molecule has 1 atom stereocenters. The molecular formula is C15H19Cl2N3. The predicted molar refractivity (Wildman–Crippen MR) is 84.8 cm³/mol. The van der Waals surface area contributed by atoms with Crippen LogP contribution in [-0.4, -0.2) is 40.5 Å². The minimum Gasteiger partial charge on any atom is -0.328 e. The number of aryl methyl sites for hydroxylation is 1. The summed E-state index contributed by atoms with van der Waals surface area (Å²) >= 11 is 12.0. The first-order chi connectivity index (χ1) is 9.67. The van der Waals surface area contributed by atoms with E-state index in [-0.39, 0.29) is 0 Å². The molecule has 1 aliphatic heterocycles. The van der Waals surface area contributed by atoms with E-state index in [2.05, 4.69) is 22.6 Å². The van der Waals surface area contributed by atoms with Crippen LogP contribution >= 0.6 is 23.2 Å². The van der Waals surface area contributed by atoms with Gasteiger partial charge in [-0.25, -0.2) is 4.98 Å². The van der Waals surface area contributed by atoms with Crippen molar-refractivity contribution in [3.05, 3.63) is 29.0 Å². The fourth-order valence-electron chi connectivity index (χ4n) is 3.07. The van der Waals surface area contributed by atoms with Crippen LogP contribution in [0.25, 0.3) is 11.0 Å². The zero-order chi connectivity index (χ0) is 14.1. The van der Waals surface area contributed by atoms with Gasteiger partial charge in [0.2, 0.25) is 0 Å². The molecule has 0 aliphatic carbocycles. The lowest BCUT2D eigenvalue weighted by molar-refractivity contribution is 0.378. The van der Waals surface area contributed by atoms with E-state index < -0.39 is 0 Å². The first-order valence-corrected chi connectivity index (χ1v) is 7.98. The van der Waals surface area contributed by atoms with Gasteiger partial charge in [0, 0.05) is 30.4 Å². The minimum atomic E-state index is 0.599.